The van der Waals surface area contributed by atoms with Crippen LogP contribution in [0.4, 0.5) is 0 Å². The van der Waals surface area contributed by atoms with Crippen molar-refractivity contribution in [2.45, 2.75) is 26.7 Å². The number of aromatic nitrogens is 1. The summed E-state index contributed by atoms with van der Waals surface area (Å²) < 4.78 is 16.2. The normalized spacial score (nSPS) is 10.3. The van der Waals surface area contributed by atoms with Gasteiger partial charge in [-0.05, 0) is 32.4 Å². The maximum absolute atomic E-state index is 12.2. The van der Waals surface area contributed by atoms with E-state index in [-0.39, 0.29) is 24.2 Å². The van der Waals surface area contributed by atoms with E-state index >= 15 is 0 Å². The van der Waals surface area contributed by atoms with Gasteiger partial charge in [0.2, 0.25) is 0 Å². The Bertz CT molecular complexity index is 808. The summed E-state index contributed by atoms with van der Waals surface area (Å²) in [4.78, 5) is 27.9. The standard InChI is InChI=1S/C22H25NO5.ClH/c1-3-26-21-16-23-18(12-13-19(24)17-9-6-5-7-10-17)15-20(21)28-14-8-11-22(25)27-4-2;/h5-7,9-10,12-13,15-16H,3-4,8,11,14H2,1-2H3;1H. The van der Waals surface area contributed by atoms with E-state index in [9.17, 15) is 9.59 Å². The van der Waals surface area contributed by atoms with Gasteiger partial charge in [0, 0.05) is 18.1 Å². The van der Waals surface area contributed by atoms with Crippen LogP contribution >= 0.6 is 12.4 Å². The summed E-state index contributed by atoms with van der Waals surface area (Å²) in [5.74, 6) is 0.694. The first kappa shape index (κ1) is 24.2. The summed E-state index contributed by atoms with van der Waals surface area (Å²) >= 11 is 0. The molecule has 6 nitrogen and oxygen atoms in total. The molecule has 1 aromatic heterocycles. The predicted octanol–water partition coefficient (Wildman–Crippen LogP) is 4.52. The van der Waals surface area contributed by atoms with Crippen molar-refractivity contribution in [3.8, 4) is 11.5 Å². The van der Waals surface area contributed by atoms with E-state index in [2.05, 4.69) is 4.98 Å². The smallest absolute Gasteiger partial charge is 0.305 e. The van der Waals surface area contributed by atoms with Crippen LogP contribution in [0, 0.1) is 0 Å². The average Bonchev–Trinajstić information content (AvgIpc) is 2.72. The first-order valence-electron chi connectivity index (χ1n) is 9.32. The van der Waals surface area contributed by atoms with Crippen molar-refractivity contribution in [1.82, 2.24) is 4.98 Å². The van der Waals surface area contributed by atoms with Crippen molar-refractivity contribution in [2.24, 2.45) is 0 Å². The molecular formula is C22H26ClNO5. The molecule has 1 aromatic carbocycles. The van der Waals surface area contributed by atoms with Crippen molar-refractivity contribution in [3.63, 3.8) is 0 Å². The van der Waals surface area contributed by atoms with Gasteiger partial charge in [0.1, 0.15) is 0 Å². The lowest BCUT2D eigenvalue weighted by Gasteiger charge is -2.12. The molecule has 0 radical (unpaired) electrons. The Kier molecular flexibility index (Phi) is 11.1. The number of nitrogens with zero attached hydrogens (tertiary/aromatic N) is 1. The Morgan fingerprint density at radius 2 is 1.79 bits per heavy atom. The summed E-state index contributed by atoms with van der Waals surface area (Å²) in [6.07, 6.45) is 5.50. The Balaban J connectivity index is 0.00000420. The highest BCUT2D eigenvalue weighted by Crippen LogP contribution is 2.27. The number of rotatable bonds is 11. The first-order chi connectivity index (χ1) is 13.6. The van der Waals surface area contributed by atoms with Crippen molar-refractivity contribution < 1.29 is 23.8 Å². The maximum Gasteiger partial charge on any atom is 0.305 e. The topological polar surface area (TPSA) is 74.7 Å². The molecule has 2 rings (SSSR count). The zero-order chi connectivity index (χ0) is 20.2. The van der Waals surface area contributed by atoms with Crippen LogP contribution in [-0.2, 0) is 9.53 Å². The van der Waals surface area contributed by atoms with Crippen LogP contribution in [0.3, 0.4) is 0 Å². The average molecular weight is 420 g/mol. The molecule has 7 heteroatoms. The minimum Gasteiger partial charge on any atom is -0.490 e. The summed E-state index contributed by atoms with van der Waals surface area (Å²) in [7, 11) is 0. The number of allylic oxidation sites excluding steroid dienone is 1. The lowest BCUT2D eigenvalue weighted by molar-refractivity contribution is -0.143. The highest BCUT2D eigenvalue weighted by Gasteiger charge is 2.09. The van der Waals surface area contributed by atoms with Gasteiger partial charge in [0.05, 0.1) is 31.7 Å². The second-order valence-electron chi connectivity index (χ2n) is 5.81. The number of ketones is 1. The fourth-order valence-corrected chi connectivity index (χ4v) is 2.40. The third kappa shape index (κ3) is 8.35. The zero-order valence-electron chi connectivity index (χ0n) is 16.6. The van der Waals surface area contributed by atoms with E-state index < -0.39 is 0 Å². The molecule has 0 unspecified atom stereocenters. The molecule has 156 valence electrons. The van der Waals surface area contributed by atoms with Gasteiger partial charge in [0.25, 0.3) is 0 Å². The number of ether oxygens (including phenoxy) is 3. The molecule has 1 heterocycles. The first-order valence-corrected chi connectivity index (χ1v) is 9.32. The van der Waals surface area contributed by atoms with Gasteiger partial charge in [-0.25, -0.2) is 0 Å². The number of esters is 1. The van der Waals surface area contributed by atoms with E-state index in [1.807, 2.05) is 25.1 Å². The van der Waals surface area contributed by atoms with Crippen molar-refractivity contribution >= 4 is 30.2 Å². The minimum absolute atomic E-state index is 0. The summed E-state index contributed by atoms with van der Waals surface area (Å²) in [5.41, 5.74) is 1.19. The summed E-state index contributed by atoms with van der Waals surface area (Å²) in [6.45, 7) is 4.83. The Hall–Kier alpha value is -2.86. The number of hydrogen-bond donors (Lipinski definition) is 0. The molecule has 0 saturated heterocycles. The van der Waals surface area contributed by atoms with E-state index in [1.165, 1.54) is 6.08 Å². The zero-order valence-corrected chi connectivity index (χ0v) is 17.4. The molecule has 0 aliphatic heterocycles. The van der Waals surface area contributed by atoms with Gasteiger partial charge in [-0.1, -0.05) is 30.3 Å². The van der Waals surface area contributed by atoms with Crippen LogP contribution < -0.4 is 9.47 Å². The van der Waals surface area contributed by atoms with E-state index in [4.69, 9.17) is 14.2 Å². The number of pyridine rings is 1. The molecule has 0 saturated carbocycles. The van der Waals surface area contributed by atoms with Crippen LogP contribution in [0.25, 0.3) is 6.08 Å². The molecule has 0 spiro atoms. The molecule has 0 aliphatic carbocycles. The number of hydrogen-bond acceptors (Lipinski definition) is 6. The van der Waals surface area contributed by atoms with Crippen molar-refractivity contribution in [3.05, 3.63) is 59.9 Å². The Labute approximate surface area is 177 Å². The monoisotopic (exact) mass is 419 g/mol. The lowest BCUT2D eigenvalue weighted by atomic mass is 10.1. The molecule has 0 aliphatic rings. The molecule has 2 aromatic rings. The minimum atomic E-state index is -0.242. The fourth-order valence-electron chi connectivity index (χ4n) is 2.40. The molecule has 0 atom stereocenters. The van der Waals surface area contributed by atoms with Crippen LogP contribution in [0.5, 0.6) is 11.5 Å². The highest BCUT2D eigenvalue weighted by molar-refractivity contribution is 6.06. The SMILES string of the molecule is CCOC(=O)CCCOc1cc(C=CC(=O)c2ccccc2)ncc1OCC.Cl. The van der Waals surface area contributed by atoms with Gasteiger partial charge in [-0.2, -0.15) is 0 Å². The van der Waals surface area contributed by atoms with Crippen LogP contribution in [-0.4, -0.2) is 36.6 Å². The molecule has 0 fully saturated rings. The third-order valence-corrected chi connectivity index (χ3v) is 3.70. The largest absolute Gasteiger partial charge is 0.490 e. The molecular weight excluding hydrogens is 394 g/mol. The van der Waals surface area contributed by atoms with Crippen molar-refractivity contribution in [1.29, 1.82) is 0 Å². The highest BCUT2D eigenvalue weighted by atomic mass is 35.5. The summed E-state index contributed by atoms with van der Waals surface area (Å²) in [6, 6.07) is 10.7. The van der Waals surface area contributed by atoms with E-state index in [1.54, 1.807) is 37.4 Å². The number of carbonyl (C=O) groups is 2. The Morgan fingerprint density at radius 1 is 1.03 bits per heavy atom. The quantitative estimate of drug-likeness (QED) is 0.231. The lowest BCUT2D eigenvalue weighted by Crippen LogP contribution is -2.07. The van der Waals surface area contributed by atoms with Crippen LogP contribution in [0.15, 0.2) is 48.7 Å². The molecule has 0 bridgehead atoms. The van der Waals surface area contributed by atoms with Crippen LogP contribution in [0.2, 0.25) is 0 Å². The van der Waals surface area contributed by atoms with Gasteiger partial charge in [-0.15, -0.1) is 12.4 Å². The molecule has 0 N–H and O–H groups in total. The number of carbonyl (C=O) groups excluding carboxylic acids is 2. The molecule has 0 amide bonds. The van der Waals surface area contributed by atoms with Gasteiger partial charge < -0.3 is 14.2 Å². The summed E-state index contributed by atoms with van der Waals surface area (Å²) in [5, 5.41) is 0. The number of benzene rings is 1. The predicted molar refractivity (Wildman–Crippen MR) is 114 cm³/mol. The number of halogens is 1. The second kappa shape index (κ2) is 13.3. The maximum atomic E-state index is 12.2. The second-order valence-corrected chi connectivity index (χ2v) is 5.81. The van der Waals surface area contributed by atoms with Gasteiger partial charge in [-0.3, -0.25) is 14.6 Å². The Morgan fingerprint density at radius 3 is 2.48 bits per heavy atom. The molecule has 29 heavy (non-hydrogen) atoms. The van der Waals surface area contributed by atoms with Crippen LogP contribution in [0.1, 0.15) is 42.7 Å². The van der Waals surface area contributed by atoms with Gasteiger partial charge >= 0.3 is 5.97 Å². The van der Waals surface area contributed by atoms with Gasteiger partial charge in [0.15, 0.2) is 17.3 Å². The van der Waals surface area contributed by atoms with E-state index in [0.717, 1.165) is 0 Å². The third-order valence-electron chi connectivity index (χ3n) is 3.70. The fraction of sp³-hybridized carbons (Fsp3) is 0.318. The van der Waals surface area contributed by atoms with E-state index in [0.29, 0.717) is 55.4 Å². The van der Waals surface area contributed by atoms with Crippen molar-refractivity contribution in [2.75, 3.05) is 19.8 Å².